The Morgan fingerprint density at radius 1 is 1.05 bits per heavy atom. The Balaban J connectivity index is 2.38. The Bertz CT molecular complexity index is 750. The van der Waals surface area contributed by atoms with Crippen LogP contribution in [0.2, 0.25) is 10.0 Å². The SMILES string of the molecule is ClCc1nc2ccc(Cl)cc2n1-c1ccccc1Cl. The molecule has 0 amide bonds. The molecule has 2 aromatic carbocycles. The zero-order chi connectivity index (χ0) is 13.4. The number of alkyl halides is 1. The predicted molar refractivity (Wildman–Crippen MR) is 80.6 cm³/mol. The maximum Gasteiger partial charge on any atom is 0.129 e. The van der Waals surface area contributed by atoms with Crippen molar-refractivity contribution in [2.45, 2.75) is 5.88 Å². The molecule has 0 aliphatic carbocycles. The highest BCUT2D eigenvalue weighted by Crippen LogP contribution is 2.28. The lowest BCUT2D eigenvalue weighted by Gasteiger charge is -2.09. The summed E-state index contributed by atoms with van der Waals surface area (Å²) in [5.41, 5.74) is 2.60. The molecule has 0 N–H and O–H groups in total. The largest absolute Gasteiger partial charge is 0.294 e. The fraction of sp³-hybridized carbons (Fsp3) is 0.0714. The average Bonchev–Trinajstić information content (AvgIpc) is 2.77. The van der Waals surface area contributed by atoms with Crippen molar-refractivity contribution in [2.24, 2.45) is 0 Å². The first-order valence-corrected chi connectivity index (χ1v) is 6.97. The van der Waals surface area contributed by atoms with Crippen LogP contribution in [0.25, 0.3) is 16.7 Å². The third-order valence-corrected chi connectivity index (χ3v) is 3.69. The molecule has 3 rings (SSSR count). The van der Waals surface area contributed by atoms with Gasteiger partial charge < -0.3 is 0 Å². The number of para-hydroxylation sites is 1. The minimum Gasteiger partial charge on any atom is -0.294 e. The molecule has 0 saturated carbocycles. The number of halogens is 3. The van der Waals surface area contributed by atoms with Crippen molar-refractivity contribution in [3.63, 3.8) is 0 Å². The molecule has 3 aromatic rings. The standard InChI is InChI=1S/C14H9Cl3N2/c15-8-14-18-11-6-5-9(16)7-13(11)19(14)12-4-2-1-3-10(12)17/h1-7H,8H2. The van der Waals surface area contributed by atoms with E-state index in [4.69, 9.17) is 34.8 Å². The van der Waals surface area contributed by atoms with E-state index in [0.29, 0.717) is 15.9 Å². The first-order valence-electron chi connectivity index (χ1n) is 5.68. The van der Waals surface area contributed by atoms with Crippen LogP contribution in [-0.4, -0.2) is 9.55 Å². The quantitative estimate of drug-likeness (QED) is 0.604. The summed E-state index contributed by atoms with van der Waals surface area (Å²) in [7, 11) is 0. The number of hydrogen-bond acceptors (Lipinski definition) is 1. The van der Waals surface area contributed by atoms with Crippen LogP contribution in [-0.2, 0) is 5.88 Å². The van der Waals surface area contributed by atoms with Gasteiger partial charge in [-0.25, -0.2) is 4.98 Å². The summed E-state index contributed by atoms with van der Waals surface area (Å²) in [6.07, 6.45) is 0. The van der Waals surface area contributed by atoms with E-state index in [9.17, 15) is 0 Å². The van der Waals surface area contributed by atoms with Crippen molar-refractivity contribution >= 4 is 45.8 Å². The lowest BCUT2D eigenvalue weighted by molar-refractivity contribution is 0.982. The molecule has 1 heterocycles. The average molecular weight is 312 g/mol. The van der Waals surface area contributed by atoms with E-state index >= 15 is 0 Å². The van der Waals surface area contributed by atoms with E-state index in [1.54, 1.807) is 0 Å². The van der Waals surface area contributed by atoms with E-state index < -0.39 is 0 Å². The molecule has 0 atom stereocenters. The lowest BCUT2D eigenvalue weighted by atomic mass is 10.2. The van der Waals surface area contributed by atoms with Crippen LogP contribution in [0.4, 0.5) is 0 Å². The molecule has 19 heavy (non-hydrogen) atoms. The molecule has 0 bridgehead atoms. The highest BCUT2D eigenvalue weighted by atomic mass is 35.5. The molecule has 0 saturated heterocycles. The Kier molecular flexibility index (Phi) is 3.40. The van der Waals surface area contributed by atoms with Crippen LogP contribution in [0, 0.1) is 0 Å². The molecular weight excluding hydrogens is 303 g/mol. The summed E-state index contributed by atoms with van der Waals surface area (Å²) in [4.78, 5) is 4.50. The number of hydrogen-bond donors (Lipinski definition) is 0. The number of rotatable bonds is 2. The lowest BCUT2D eigenvalue weighted by Crippen LogP contribution is -1.99. The number of fused-ring (bicyclic) bond motifs is 1. The van der Waals surface area contributed by atoms with E-state index in [-0.39, 0.29) is 0 Å². The van der Waals surface area contributed by atoms with E-state index in [2.05, 4.69) is 4.98 Å². The number of imidazole rings is 1. The van der Waals surface area contributed by atoms with Gasteiger partial charge >= 0.3 is 0 Å². The predicted octanol–water partition coefficient (Wildman–Crippen LogP) is 5.07. The second-order valence-corrected chi connectivity index (χ2v) is 5.19. The molecular formula is C14H9Cl3N2. The summed E-state index contributed by atoms with van der Waals surface area (Å²) in [5.74, 6) is 1.05. The summed E-state index contributed by atoms with van der Waals surface area (Å²) in [5, 5.41) is 1.30. The van der Waals surface area contributed by atoms with Crippen LogP contribution in [0.15, 0.2) is 42.5 Å². The van der Waals surface area contributed by atoms with Crippen molar-refractivity contribution in [2.75, 3.05) is 0 Å². The van der Waals surface area contributed by atoms with Crippen LogP contribution >= 0.6 is 34.8 Å². The Labute approximate surface area is 125 Å². The van der Waals surface area contributed by atoms with Gasteiger partial charge in [0.1, 0.15) is 5.82 Å². The highest BCUT2D eigenvalue weighted by Gasteiger charge is 2.13. The summed E-state index contributed by atoms with van der Waals surface area (Å²) in [6.45, 7) is 0. The normalized spacial score (nSPS) is 11.1. The summed E-state index contributed by atoms with van der Waals surface area (Å²) >= 11 is 18.3. The molecule has 1 aromatic heterocycles. The van der Waals surface area contributed by atoms with E-state index in [0.717, 1.165) is 22.5 Å². The fourth-order valence-electron chi connectivity index (χ4n) is 2.09. The maximum absolute atomic E-state index is 6.26. The van der Waals surface area contributed by atoms with Gasteiger partial charge in [-0.1, -0.05) is 35.3 Å². The zero-order valence-electron chi connectivity index (χ0n) is 9.78. The summed E-state index contributed by atoms with van der Waals surface area (Å²) in [6, 6.07) is 13.1. The third kappa shape index (κ3) is 2.20. The number of nitrogens with zero attached hydrogens (tertiary/aromatic N) is 2. The van der Waals surface area contributed by atoms with Gasteiger partial charge in [-0.3, -0.25) is 4.57 Å². The monoisotopic (exact) mass is 310 g/mol. The first kappa shape index (κ1) is 12.8. The van der Waals surface area contributed by atoms with Gasteiger partial charge in [0.15, 0.2) is 0 Å². The minimum absolute atomic E-state index is 0.303. The van der Waals surface area contributed by atoms with Crippen molar-refractivity contribution in [1.29, 1.82) is 0 Å². The molecule has 0 aliphatic heterocycles. The van der Waals surface area contributed by atoms with Crippen molar-refractivity contribution < 1.29 is 0 Å². The van der Waals surface area contributed by atoms with Crippen molar-refractivity contribution in [3.05, 3.63) is 58.3 Å². The molecule has 96 valence electrons. The van der Waals surface area contributed by atoms with Gasteiger partial charge in [0.25, 0.3) is 0 Å². The number of aromatic nitrogens is 2. The Morgan fingerprint density at radius 3 is 2.58 bits per heavy atom. The van der Waals surface area contributed by atoms with Gasteiger partial charge in [0, 0.05) is 5.02 Å². The van der Waals surface area contributed by atoms with E-state index in [1.807, 2.05) is 47.0 Å². The van der Waals surface area contributed by atoms with Gasteiger partial charge in [-0.05, 0) is 30.3 Å². The molecule has 0 unspecified atom stereocenters. The van der Waals surface area contributed by atoms with Gasteiger partial charge in [-0.2, -0.15) is 0 Å². The molecule has 0 spiro atoms. The second-order valence-electron chi connectivity index (χ2n) is 4.08. The van der Waals surface area contributed by atoms with Crippen LogP contribution < -0.4 is 0 Å². The van der Waals surface area contributed by atoms with Crippen LogP contribution in [0.3, 0.4) is 0 Å². The van der Waals surface area contributed by atoms with Gasteiger partial charge in [-0.15, -0.1) is 11.6 Å². The van der Waals surface area contributed by atoms with Crippen molar-refractivity contribution in [3.8, 4) is 5.69 Å². The van der Waals surface area contributed by atoms with Gasteiger partial charge in [0.2, 0.25) is 0 Å². The van der Waals surface area contributed by atoms with Crippen molar-refractivity contribution in [1.82, 2.24) is 9.55 Å². The van der Waals surface area contributed by atoms with Crippen LogP contribution in [0.5, 0.6) is 0 Å². The highest BCUT2D eigenvalue weighted by molar-refractivity contribution is 6.32. The zero-order valence-corrected chi connectivity index (χ0v) is 12.0. The van der Waals surface area contributed by atoms with Crippen LogP contribution in [0.1, 0.15) is 5.82 Å². The molecule has 5 heteroatoms. The molecule has 0 fully saturated rings. The third-order valence-electron chi connectivity index (χ3n) is 2.90. The van der Waals surface area contributed by atoms with E-state index in [1.165, 1.54) is 0 Å². The first-order chi connectivity index (χ1) is 9.20. The molecule has 0 radical (unpaired) electrons. The smallest absolute Gasteiger partial charge is 0.129 e. The maximum atomic E-state index is 6.26. The Morgan fingerprint density at radius 2 is 1.84 bits per heavy atom. The van der Waals surface area contributed by atoms with Gasteiger partial charge in [0.05, 0.1) is 27.6 Å². The second kappa shape index (κ2) is 5.04. The summed E-state index contributed by atoms with van der Waals surface area (Å²) < 4.78 is 1.94. The fourth-order valence-corrected chi connectivity index (χ4v) is 2.66. The Hall–Kier alpha value is -1.22. The topological polar surface area (TPSA) is 17.8 Å². The molecule has 0 aliphatic rings. The number of benzene rings is 2. The minimum atomic E-state index is 0.303. The molecule has 2 nitrogen and oxygen atoms in total.